The van der Waals surface area contributed by atoms with Gasteiger partial charge in [0, 0.05) is 0 Å². The van der Waals surface area contributed by atoms with Gasteiger partial charge in [-0.05, 0) is 46.3 Å². The number of amides is 1. The van der Waals surface area contributed by atoms with Crippen LogP contribution in [-0.4, -0.2) is 27.3 Å². The predicted molar refractivity (Wildman–Crippen MR) is 67.6 cm³/mol. The molecule has 0 aliphatic carbocycles. The highest BCUT2D eigenvalue weighted by molar-refractivity contribution is 8.01. The van der Waals surface area contributed by atoms with E-state index in [1.807, 2.05) is 27.7 Å². The van der Waals surface area contributed by atoms with Gasteiger partial charge in [0.2, 0.25) is 5.91 Å². The van der Waals surface area contributed by atoms with Crippen LogP contribution in [-0.2, 0) is 4.79 Å². The summed E-state index contributed by atoms with van der Waals surface area (Å²) >= 11 is 7.79. The van der Waals surface area contributed by atoms with Crippen LogP contribution in [0.1, 0.15) is 40.5 Å². The molecule has 1 amide bonds. The Morgan fingerprint density at radius 3 is 2.60 bits per heavy atom. The first-order valence-corrected chi connectivity index (χ1v) is 6.81. The SMILES string of the molecule is CC(Cl)C(C)(C)NC(=O)C1(C)CCCS1. The number of hydrogen-bond donors (Lipinski definition) is 1. The van der Waals surface area contributed by atoms with Gasteiger partial charge >= 0.3 is 0 Å². The number of halogens is 1. The van der Waals surface area contributed by atoms with E-state index in [1.54, 1.807) is 11.8 Å². The van der Waals surface area contributed by atoms with Crippen LogP contribution in [0.5, 0.6) is 0 Å². The zero-order valence-corrected chi connectivity index (χ0v) is 11.5. The average molecular weight is 250 g/mol. The summed E-state index contributed by atoms with van der Waals surface area (Å²) in [6.45, 7) is 7.86. The quantitative estimate of drug-likeness (QED) is 0.780. The second kappa shape index (κ2) is 4.54. The number of carbonyl (C=O) groups is 1. The van der Waals surface area contributed by atoms with Crippen molar-refractivity contribution in [3.8, 4) is 0 Å². The van der Waals surface area contributed by atoms with Crippen LogP contribution in [0.4, 0.5) is 0 Å². The summed E-state index contributed by atoms with van der Waals surface area (Å²) in [6.07, 6.45) is 2.10. The van der Waals surface area contributed by atoms with Crippen molar-refractivity contribution in [3.63, 3.8) is 0 Å². The molecule has 0 aromatic heterocycles. The first-order chi connectivity index (χ1) is 6.78. The lowest BCUT2D eigenvalue weighted by Gasteiger charge is -2.33. The maximum absolute atomic E-state index is 12.1. The molecule has 1 fully saturated rings. The van der Waals surface area contributed by atoms with Gasteiger partial charge < -0.3 is 5.32 Å². The van der Waals surface area contributed by atoms with Crippen LogP contribution in [0.25, 0.3) is 0 Å². The number of carbonyl (C=O) groups excluding carboxylic acids is 1. The minimum Gasteiger partial charge on any atom is -0.349 e. The molecule has 1 N–H and O–H groups in total. The maximum atomic E-state index is 12.1. The minimum atomic E-state index is -0.342. The van der Waals surface area contributed by atoms with Gasteiger partial charge in [-0.3, -0.25) is 4.79 Å². The van der Waals surface area contributed by atoms with Crippen LogP contribution >= 0.6 is 23.4 Å². The molecule has 15 heavy (non-hydrogen) atoms. The Balaban J connectivity index is 2.62. The third-order valence-corrected chi connectivity index (χ3v) is 5.19. The van der Waals surface area contributed by atoms with Crippen LogP contribution < -0.4 is 5.32 Å². The van der Waals surface area contributed by atoms with Crippen molar-refractivity contribution >= 4 is 29.3 Å². The van der Waals surface area contributed by atoms with Crippen molar-refractivity contribution in [2.24, 2.45) is 0 Å². The van der Waals surface area contributed by atoms with E-state index in [4.69, 9.17) is 11.6 Å². The number of rotatable bonds is 3. The molecule has 2 atom stereocenters. The molecule has 1 aliphatic heterocycles. The highest BCUT2D eigenvalue weighted by atomic mass is 35.5. The maximum Gasteiger partial charge on any atom is 0.236 e. The summed E-state index contributed by atoms with van der Waals surface area (Å²) in [7, 11) is 0. The summed E-state index contributed by atoms with van der Waals surface area (Å²) in [6, 6.07) is 0. The largest absolute Gasteiger partial charge is 0.349 e. The first-order valence-electron chi connectivity index (χ1n) is 5.38. The van der Waals surface area contributed by atoms with E-state index < -0.39 is 0 Å². The van der Waals surface area contributed by atoms with Gasteiger partial charge in [-0.25, -0.2) is 0 Å². The number of hydrogen-bond acceptors (Lipinski definition) is 2. The molecule has 1 rings (SSSR count). The zero-order valence-electron chi connectivity index (χ0n) is 9.89. The van der Waals surface area contributed by atoms with Gasteiger partial charge in [0.05, 0.1) is 15.7 Å². The Morgan fingerprint density at radius 2 is 2.20 bits per heavy atom. The van der Waals surface area contributed by atoms with Crippen molar-refractivity contribution in [2.45, 2.75) is 56.2 Å². The molecule has 0 bridgehead atoms. The lowest BCUT2D eigenvalue weighted by Crippen LogP contribution is -2.54. The Hall–Kier alpha value is 0.110. The van der Waals surface area contributed by atoms with Crippen molar-refractivity contribution in [1.82, 2.24) is 5.32 Å². The zero-order chi connectivity index (χ0) is 11.7. The fourth-order valence-electron chi connectivity index (χ4n) is 1.48. The van der Waals surface area contributed by atoms with E-state index in [9.17, 15) is 4.79 Å². The summed E-state index contributed by atoms with van der Waals surface area (Å²) in [5.74, 6) is 1.21. The molecule has 1 heterocycles. The summed E-state index contributed by atoms with van der Waals surface area (Å²) in [5.41, 5.74) is -0.342. The molecule has 0 radical (unpaired) electrons. The Labute approximate surface area is 102 Å². The molecule has 0 spiro atoms. The molecule has 4 heteroatoms. The van der Waals surface area contributed by atoms with E-state index in [2.05, 4.69) is 5.32 Å². The molecule has 2 unspecified atom stereocenters. The smallest absolute Gasteiger partial charge is 0.236 e. The highest BCUT2D eigenvalue weighted by Gasteiger charge is 2.40. The molecule has 88 valence electrons. The first kappa shape index (κ1) is 13.2. The lowest BCUT2D eigenvalue weighted by molar-refractivity contribution is -0.124. The lowest BCUT2D eigenvalue weighted by atomic mass is 9.98. The molecule has 0 saturated carbocycles. The van der Waals surface area contributed by atoms with Crippen molar-refractivity contribution < 1.29 is 4.79 Å². The summed E-state index contributed by atoms with van der Waals surface area (Å²) in [5, 5.41) is 2.97. The number of nitrogens with one attached hydrogen (secondary N) is 1. The molecular weight excluding hydrogens is 230 g/mol. The molecule has 1 aliphatic rings. The second-order valence-electron chi connectivity index (χ2n) is 4.97. The van der Waals surface area contributed by atoms with Crippen LogP contribution in [0.3, 0.4) is 0 Å². The third-order valence-electron chi connectivity index (χ3n) is 3.13. The van der Waals surface area contributed by atoms with E-state index >= 15 is 0 Å². The topological polar surface area (TPSA) is 29.1 Å². The van der Waals surface area contributed by atoms with Crippen LogP contribution in [0.15, 0.2) is 0 Å². The van der Waals surface area contributed by atoms with E-state index in [1.165, 1.54) is 0 Å². The molecule has 0 aromatic rings. The van der Waals surface area contributed by atoms with Crippen LogP contribution in [0, 0.1) is 0 Å². The number of alkyl halides is 1. The fraction of sp³-hybridized carbons (Fsp3) is 0.909. The molecule has 1 saturated heterocycles. The predicted octanol–water partition coefficient (Wildman–Crippen LogP) is 2.79. The standard InChI is InChI=1S/C11H20ClNOS/c1-8(12)10(2,3)13-9(14)11(4)6-5-7-15-11/h8H,5-7H2,1-4H3,(H,13,14). The highest BCUT2D eigenvalue weighted by Crippen LogP contribution is 2.38. The summed E-state index contributed by atoms with van der Waals surface area (Å²) in [4.78, 5) is 12.1. The van der Waals surface area contributed by atoms with Gasteiger partial charge in [0.25, 0.3) is 0 Å². The fourth-order valence-corrected chi connectivity index (χ4v) is 2.75. The van der Waals surface area contributed by atoms with Gasteiger partial charge in [-0.15, -0.1) is 23.4 Å². The van der Waals surface area contributed by atoms with Gasteiger partial charge in [-0.2, -0.15) is 0 Å². The normalized spacial score (nSPS) is 28.9. The molecular formula is C11H20ClNOS. The summed E-state index contributed by atoms with van der Waals surface area (Å²) < 4.78 is -0.247. The monoisotopic (exact) mass is 249 g/mol. The average Bonchev–Trinajstić information content (AvgIpc) is 2.52. The van der Waals surface area contributed by atoms with Gasteiger partial charge in [-0.1, -0.05) is 0 Å². The molecule has 2 nitrogen and oxygen atoms in total. The van der Waals surface area contributed by atoms with E-state index in [-0.39, 0.29) is 21.6 Å². The Kier molecular flexibility index (Phi) is 3.99. The number of thioether (sulfide) groups is 1. The second-order valence-corrected chi connectivity index (χ2v) is 7.23. The van der Waals surface area contributed by atoms with E-state index in [0.29, 0.717) is 0 Å². The third kappa shape index (κ3) is 3.04. The minimum absolute atomic E-state index is 0.0727. The van der Waals surface area contributed by atoms with Gasteiger partial charge in [0.1, 0.15) is 0 Å². The Bertz CT molecular complexity index is 247. The van der Waals surface area contributed by atoms with Crippen molar-refractivity contribution in [1.29, 1.82) is 0 Å². The van der Waals surface area contributed by atoms with Gasteiger partial charge in [0.15, 0.2) is 0 Å². The Morgan fingerprint density at radius 1 is 1.60 bits per heavy atom. The van der Waals surface area contributed by atoms with E-state index in [0.717, 1.165) is 18.6 Å². The molecule has 0 aromatic carbocycles. The van der Waals surface area contributed by atoms with Crippen molar-refractivity contribution in [2.75, 3.05) is 5.75 Å². The van der Waals surface area contributed by atoms with Crippen LogP contribution in [0.2, 0.25) is 0 Å². The van der Waals surface area contributed by atoms with Crippen molar-refractivity contribution in [3.05, 3.63) is 0 Å².